The number of carbonyl (C=O) groups excluding carboxylic acids is 2. The van der Waals surface area contributed by atoms with Crippen molar-refractivity contribution in [3.05, 3.63) is 65.7 Å². The number of halogens is 1. The molecule has 1 aromatic carbocycles. The first-order valence-corrected chi connectivity index (χ1v) is 8.98. The zero-order chi connectivity index (χ0) is 19.9. The Balaban J connectivity index is 1.85. The lowest BCUT2D eigenvalue weighted by molar-refractivity contribution is -0.147. The molecule has 0 aliphatic rings. The molecule has 0 radical (unpaired) electrons. The highest BCUT2D eigenvalue weighted by Crippen LogP contribution is 2.19. The highest BCUT2D eigenvalue weighted by atomic mass is 19.1. The van der Waals surface area contributed by atoms with E-state index < -0.39 is 5.41 Å². The van der Waals surface area contributed by atoms with Gasteiger partial charge >= 0.3 is 0 Å². The van der Waals surface area contributed by atoms with Crippen LogP contribution < -0.4 is 5.32 Å². The van der Waals surface area contributed by atoms with Gasteiger partial charge in [-0.1, -0.05) is 18.2 Å². The average molecular weight is 371 g/mol. The van der Waals surface area contributed by atoms with E-state index >= 15 is 0 Å². The number of hydrogen-bond donors (Lipinski definition) is 1. The third-order valence-corrected chi connectivity index (χ3v) is 4.57. The lowest BCUT2D eigenvalue weighted by Gasteiger charge is -2.28. The van der Waals surface area contributed by atoms with Crippen molar-refractivity contribution in [3.63, 3.8) is 0 Å². The summed E-state index contributed by atoms with van der Waals surface area (Å²) in [7, 11) is 1.69. The van der Waals surface area contributed by atoms with Crippen molar-refractivity contribution in [3.8, 4) is 0 Å². The molecule has 2 rings (SSSR count). The van der Waals surface area contributed by atoms with Crippen LogP contribution in [0, 0.1) is 11.2 Å². The van der Waals surface area contributed by atoms with E-state index in [1.165, 1.54) is 6.07 Å². The Bertz CT molecular complexity index is 778. The summed E-state index contributed by atoms with van der Waals surface area (Å²) in [5, 5.41) is 2.75. The van der Waals surface area contributed by atoms with Gasteiger partial charge in [-0.25, -0.2) is 4.39 Å². The summed E-state index contributed by atoms with van der Waals surface area (Å²) >= 11 is 0. The van der Waals surface area contributed by atoms with Crippen LogP contribution in [-0.4, -0.2) is 41.8 Å². The van der Waals surface area contributed by atoms with Crippen molar-refractivity contribution in [2.75, 3.05) is 20.1 Å². The highest BCUT2D eigenvalue weighted by Gasteiger charge is 2.37. The van der Waals surface area contributed by atoms with E-state index in [-0.39, 0.29) is 24.2 Å². The monoisotopic (exact) mass is 371 g/mol. The van der Waals surface area contributed by atoms with Gasteiger partial charge in [0, 0.05) is 32.5 Å². The van der Waals surface area contributed by atoms with Crippen molar-refractivity contribution in [2.45, 2.75) is 26.7 Å². The third-order valence-electron chi connectivity index (χ3n) is 4.57. The summed E-state index contributed by atoms with van der Waals surface area (Å²) in [6, 6.07) is 10.3. The van der Waals surface area contributed by atoms with Gasteiger partial charge in [0.1, 0.15) is 11.2 Å². The first-order chi connectivity index (χ1) is 12.8. The smallest absolute Gasteiger partial charge is 0.237 e. The van der Waals surface area contributed by atoms with Crippen molar-refractivity contribution in [1.29, 1.82) is 0 Å². The molecule has 2 amide bonds. The van der Waals surface area contributed by atoms with Crippen molar-refractivity contribution < 1.29 is 14.0 Å². The quantitative estimate of drug-likeness (QED) is 0.726. The number of carbonyl (C=O) groups is 2. The molecule has 5 nitrogen and oxygen atoms in total. The maximum Gasteiger partial charge on any atom is 0.237 e. The zero-order valence-corrected chi connectivity index (χ0v) is 16.0. The molecule has 27 heavy (non-hydrogen) atoms. The lowest BCUT2D eigenvalue weighted by atomic mass is 9.90. The molecule has 1 heterocycles. The number of rotatable bonds is 8. The van der Waals surface area contributed by atoms with Gasteiger partial charge in [-0.05, 0) is 56.0 Å². The molecule has 0 saturated heterocycles. The lowest BCUT2D eigenvalue weighted by Crippen LogP contribution is -2.49. The van der Waals surface area contributed by atoms with Gasteiger partial charge in [-0.3, -0.25) is 14.6 Å². The van der Waals surface area contributed by atoms with E-state index in [1.54, 1.807) is 56.4 Å². The van der Waals surface area contributed by atoms with Crippen LogP contribution in [0.1, 0.15) is 25.0 Å². The molecule has 0 saturated carbocycles. The fourth-order valence-corrected chi connectivity index (χ4v) is 2.75. The second-order valence-corrected chi connectivity index (χ2v) is 7.05. The molecule has 0 spiro atoms. The van der Waals surface area contributed by atoms with E-state index in [9.17, 15) is 14.0 Å². The predicted molar refractivity (Wildman–Crippen MR) is 102 cm³/mol. The maximum absolute atomic E-state index is 13.6. The van der Waals surface area contributed by atoms with Crippen molar-refractivity contribution in [2.24, 2.45) is 5.41 Å². The Morgan fingerprint density at radius 1 is 1.11 bits per heavy atom. The number of pyridine rings is 1. The number of likely N-dealkylation sites (N-methyl/N-ethyl adjacent to an activating group) is 1. The first kappa shape index (κ1) is 20.6. The van der Waals surface area contributed by atoms with E-state index in [2.05, 4.69) is 10.3 Å². The molecular formula is C21H26FN3O2. The summed E-state index contributed by atoms with van der Waals surface area (Å²) < 4.78 is 13.6. The van der Waals surface area contributed by atoms with Gasteiger partial charge in [-0.15, -0.1) is 0 Å². The Kier molecular flexibility index (Phi) is 7.05. The number of nitrogens with zero attached hydrogens (tertiary/aromatic N) is 2. The van der Waals surface area contributed by atoms with Gasteiger partial charge in [0.25, 0.3) is 0 Å². The highest BCUT2D eigenvalue weighted by molar-refractivity contribution is 6.04. The second-order valence-electron chi connectivity index (χ2n) is 7.05. The number of benzene rings is 1. The number of amides is 2. The molecule has 1 N–H and O–H groups in total. The molecule has 0 aliphatic heterocycles. The largest absolute Gasteiger partial charge is 0.355 e. The number of nitrogens with one attached hydrogen (secondary N) is 1. The van der Waals surface area contributed by atoms with Gasteiger partial charge < -0.3 is 10.2 Å². The van der Waals surface area contributed by atoms with Crippen LogP contribution in [0.5, 0.6) is 0 Å². The molecule has 144 valence electrons. The minimum Gasteiger partial charge on any atom is -0.355 e. The summed E-state index contributed by atoms with van der Waals surface area (Å²) in [5.41, 5.74) is 0.426. The van der Waals surface area contributed by atoms with Crippen LogP contribution in [-0.2, 0) is 22.4 Å². The fraction of sp³-hybridized carbons (Fsp3) is 0.381. The minimum atomic E-state index is -1.19. The third kappa shape index (κ3) is 5.61. The van der Waals surface area contributed by atoms with Gasteiger partial charge in [0.15, 0.2) is 0 Å². The van der Waals surface area contributed by atoms with Crippen molar-refractivity contribution in [1.82, 2.24) is 15.2 Å². The SMILES string of the molecule is CN(CCc1ccncc1)C(=O)C(C)(C)C(=O)NCCc1ccccc1F. The Morgan fingerprint density at radius 3 is 2.44 bits per heavy atom. The molecule has 0 unspecified atom stereocenters. The van der Waals surface area contributed by atoms with Gasteiger partial charge in [-0.2, -0.15) is 0 Å². The molecule has 6 heteroatoms. The summed E-state index contributed by atoms with van der Waals surface area (Å²) in [5.74, 6) is -0.905. The van der Waals surface area contributed by atoms with Crippen LogP contribution in [0.2, 0.25) is 0 Å². The summed E-state index contributed by atoms with van der Waals surface area (Å²) in [6.45, 7) is 4.00. The van der Waals surface area contributed by atoms with E-state index in [0.29, 0.717) is 24.9 Å². The average Bonchev–Trinajstić information content (AvgIpc) is 2.67. The Hall–Kier alpha value is -2.76. The standard InChI is InChI=1S/C21H26FN3O2/c1-21(2,19(26)24-14-10-17-6-4-5-7-18(17)22)20(27)25(3)15-11-16-8-12-23-13-9-16/h4-9,12-13H,10-11,14-15H2,1-3H3,(H,24,26). The molecule has 0 aliphatic carbocycles. The maximum atomic E-state index is 13.6. The molecule has 0 bridgehead atoms. The molecule has 1 aromatic heterocycles. The summed E-state index contributed by atoms with van der Waals surface area (Å²) in [4.78, 5) is 30.7. The summed E-state index contributed by atoms with van der Waals surface area (Å²) in [6.07, 6.45) is 4.49. The number of hydrogen-bond acceptors (Lipinski definition) is 3. The van der Waals surface area contributed by atoms with E-state index in [0.717, 1.165) is 5.56 Å². The van der Waals surface area contributed by atoms with Crippen LogP contribution in [0.3, 0.4) is 0 Å². The van der Waals surface area contributed by atoms with E-state index in [1.807, 2.05) is 12.1 Å². The van der Waals surface area contributed by atoms with Crippen LogP contribution >= 0.6 is 0 Å². The van der Waals surface area contributed by atoms with Gasteiger partial charge in [0.2, 0.25) is 11.8 Å². The van der Waals surface area contributed by atoms with Crippen LogP contribution in [0.4, 0.5) is 4.39 Å². The van der Waals surface area contributed by atoms with E-state index in [4.69, 9.17) is 0 Å². The minimum absolute atomic E-state index is 0.250. The van der Waals surface area contributed by atoms with Crippen molar-refractivity contribution >= 4 is 11.8 Å². The van der Waals surface area contributed by atoms with Gasteiger partial charge in [0.05, 0.1) is 0 Å². The zero-order valence-electron chi connectivity index (χ0n) is 16.0. The Labute approximate surface area is 159 Å². The fourth-order valence-electron chi connectivity index (χ4n) is 2.75. The van der Waals surface area contributed by atoms with Crippen LogP contribution in [0.15, 0.2) is 48.8 Å². The molecule has 0 atom stereocenters. The normalized spacial score (nSPS) is 11.1. The topological polar surface area (TPSA) is 62.3 Å². The molecule has 0 fully saturated rings. The molecule has 2 aromatic rings. The van der Waals surface area contributed by atoms with Crippen LogP contribution in [0.25, 0.3) is 0 Å². The first-order valence-electron chi connectivity index (χ1n) is 8.98. The second kappa shape index (κ2) is 9.26. The predicted octanol–water partition coefficient (Wildman–Crippen LogP) is 2.61. The Morgan fingerprint density at radius 2 is 1.78 bits per heavy atom. The molecular weight excluding hydrogens is 345 g/mol. The number of aromatic nitrogens is 1.